The van der Waals surface area contributed by atoms with Gasteiger partial charge in [0.15, 0.2) is 0 Å². The number of carbonyl (C=O) groups is 1. The average Bonchev–Trinajstić information content (AvgIpc) is 2.16. The molecule has 0 bridgehead atoms. The Morgan fingerprint density at radius 1 is 1.67 bits per heavy atom. The Balaban J connectivity index is 2.87. The summed E-state index contributed by atoms with van der Waals surface area (Å²) in [6.07, 6.45) is 1.93. The van der Waals surface area contributed by atoms with Gasteiger partial charge in [0.2, 0.25) is 0 Å². The number of carboxylic acid groups (broad SMARTS) is 1. The molecule has 3 N–H and O–H groups in total. The Kier molecular flexibility index (Phi) is 4.63. The first-order valence-corrected chi connectivity index (χ1v) is 6.37. The lowest BCUT2D eigenvalue weighted by Crippen LogP contribution is -2.14. The number of hydrogen-bond donors (Lipinski definition) is 2. The van der Waals surface area contributed by atoms with E-state index in [0.29, 0.717) is 0 Å². The van der Waals surface area contributed by atoms with Gasteiger partial charge in [-0.25, -0.2) is 0 Å². The molecular formula is C10H12BrNO2S. The van der Waals surface area contributed by atoms with Crippen molar-refractivity contribution < 1.29 is 9.90 Å². The summed E-state index contributed by atoms with van der Waals surface area (Å²) in [4.78, 5) is 11.6. The van der Waals surface area contributed by atoms with Crippen LogP contribution in [0.1, 0.15) is 18.0 Å². The summed E-state index contributed by atoms with van der Waals surface area (Å²) in [6.45, 7) is 0. The van der Waals surface area contributed by atoms with Crippen molar-refractivity contribution in [3.8, 4) is 0 Å². The quantitative estimate of drug-likeness (QED) is 0.837. The predicted octanol–water partition coefficient (Wildman–Crippen LogP) is 2.65. The number of nitrogens with two attached hydrogens (primary N) is 1. The van der Waals surface area contributed by atoms with Gasteiger partial charge in [-0.2, -0.15) is 0 Å². The van der Waals surface area contributed by atoms with Crippen molar-refractivity contribution in [3.05, 3.63) is 28.2 Å². The summed E-state index contributed by atoms with van der Waals surface area (Å²) >= 11 is 5.04. The fourth-order valence-electron chi connectivity index (χ4n) is 1.22. The van der Waals surface area contributed by atoms with Crippen LogP contribution in [0, 0.1) is 0 Å². The molecule has 3 nitrogen and oxygen atoms in total. The van der Waals surface area contributed by atoms with Crippen LogP contribution in [0.5, 0.6) is 0 Å². The monoisotopic (exact) mass is 289 g/mol. The summed E-state index contributed by atoms with van der Waals surface area (Å²) in [6, 6.07) is 5.23. The molecule has 0 aliphatic heterocycles. The van der Waals surface area contributed by atoms with Crippen molar-refractivity contribution in [2.75, 3.05) is 6.26 Å². The minimum absolute atomic E-state index is 0.0505. The third-order valence-electron chi connectivity index (χ3n) is 2.00. The highest BCUT2D eigenvalue weighted by atomic mass is 79.9. The van der Waals surface area contributed by atoms with Gasteiger partial charge in [0, 0.05) is 15.4 Å². The molecule has 0 saturated heterocycles. The molecule has 82 valence electrons. The van der Waals surface area contributed by atoms with Gasteiger partial charge in [-0.05, 0) is 39.9 Å². The van der Waals surface area contributed by atoms with Gasteiger partial charge in [0.05, 0.1) is 6.42 Å². The van der Waals surface area contributed by atoms with Gasteiger partial charge >= 0.3 is 5.97 Å². The van der Waals surface area contributed by atoms with Crippen LogP contribution in [-0.2, 0) is 4.79 Å². The minimum atomic E-state index is -0.882. The number of hydrogen-bond acceptors (Lipinski definition) is 3. The molecule has 0 heterocycles. The molecule has 1 aromatic carbocycles. The number of aliphatic carboxylic acids is 1. The molecule has 1 unspecified atom stereocenters. The van der Waals surface area contributed by atoms with E-state index in [1.54, 1.807) is 11.8 Å². The summed E-state index contributed by atoms with van der Waals surface area (Å²) in [5, 5.41) is 8.62. The molecule has 0 fully saturated rings. The molecular weight excluding hydrogens is 278 g/mol. The molecule has 5 heteroatoms. The van der Waals surface area contributed by atoms with Gasteiger partial charge in [-0.3, -0.25) is 4.79 Å². The molecule has 0 amide bonds. The fourth-order valence-corrected chi connectivity index (χ4v) is 2.56. The molecule has 0 aliphatic rings. The number of halogens is 1. The molecule has 0 aliphatic carbocycles. The zero-order valence-electron chi connectivity index (χ0n) is 8.24. The zero-order chi connectivity index (χ0) is 11.4. The van der Waals surface area contributed by atoms with Crippen LogP contribution in [0.15, 0.2) is 27.6 Å². The Bertz CT molecular complexity index is 370. The summed E-state index contributed by atoms with van der Waals surface area (Å²) in [5.41, 5.74) is 6.58. The third-order valence-corrected chi connectivity index (χ3v) is 3.71. The van der Waals surface area contributed by atoms with Crippen LogP contribution in [0.2, 0.25) is 0 Å². The second kappa shape index (κ2) is 5.53. The highest BCUT2D eigenvalue weighted by Gasteiger charge is 2.11. The fraction of sp³-hybridized carbons (Fsp3) is 0.300. The van der Waals surface area contributed by atoms with Crippen molar-refractivity contribution in [1.29, 1.82) is 0 Å². The van der Waals surface area contributed by atoms with Gasteiger partial charge < -0.3 is 10.8 Å². The number of rotatable bonds is 4. The van der Waals surface area contributed by atoms with Crippen LogP contribution in [0.3, 0.4) is 0 Å². The van der Waals surface area contributed by atoms with E-state index in [9.17, 15) is 4.79 Å². The summed E-state index contributed by atoms with van der Waals surface area (Å²) in [7, 11) is 0. The Morgan fingerprint density at radius 2 is 2.33 bits per heavy atom. The van der Waals surface area contributed by atoms with E-state index in [0.717, 1.165) is 14.9 Å². The highest BCUT2D eigenvalue weighted by Crippen LogP contribution is 2.28. The lowest BCUT2D eigenvalue weighted by molar-refractivity contribution is -0.137. The van der Waals surface area contributed by atoms with Crippen molar-refractivity contribution >= 4 is 33.7 Å². The standard InChI is InChI=1S/C10H12BrNO2S/c1-15-9-3-2-6(4-7(9)11)8(12)5-10(13)14/h2-4,8H,5,12H2,1H3,(H,13,14). The van der Waals surface area contributed by atoms with E-state index in [1.165, 1.54) is 0 Å². The molecule has 1 rings (SSSR count). The normalized spacial score (nSPS) is 12.5. The Labute approximate surface area is 101 Å². The van der Waals surface area contributed by atoms with Crippen LogP contribution in [-0.4, -0.2) is 17.3 Å². The minimum Gasteiger partial charge on any atom is -0.481 e. The van der Waals surface area contributed by atoms with Crippen molar-refractivity contribution in [2.24, 2.45) is 5.73 Å². The first-order valence-electron chi connectivity index (χ1n) is 4.35. The molecule has 0 radical (unpaired) electrons. The Hall–Kier alpha value is -0.520. The highest BCUT2D eigenvalue weighted by molar-refractivity contribution is 9.10. The first kappa shape index (κ1) is 12.5. The van der Waals surface area contributed by atoms with E-state index in [4.69, 9.17) is 10.8 Å². The van der Waals surface area contributed by atoms with E-state index >= 15 is 0 Å². The van der Waals surface area contributed by atoms with Crippen LogP contribution in [0.25, 0.3) is 0 Å². The topological polar surface area (TPSA) is 63.3 Å². The van der Waals surface area contributed by atoms with Gasteiger partial charge in [0.25, 0.3) is 0 Å². The van der Waals surface area contributed by atoms with E-state index in [2.05, 4.69) is 15.9 Å². The number of carboxylic acids is 1. The maximum Gasteiger partial charge on any atom is 0.305 e. The van der Waals surface area contributed by atoms with Crippen molar-refractivity contribution in [2.45, 2.75) is 17.4 Å². The maximum atomic E-state index is 10.5. The van der Waals surface area contributed by atoms with E-state index in [-0.39, 0.29) is 6.42 Å². The van der Waals surface area contributed by atoms with Crippen molar-refractivity contribution in [3.63, 3.8) is 0 Å². The second-order valence-corrected chi connectivity index (χ2v) is 4.80. The van der Waals surface area contributed by atoms with E-state index in [1.807, 2.05) is 24.5 Å². The maximum absolute atomic E-state index is 10.5. The van der Waals surface area contributed by atoms with Gasteiger partial charge in [-0.15, -0.1) is 11.8 Å². The molecule has 0 spiro atoms. The van der Waals surface area contributed by atoms with E-state index < -0.39 is 12.0 Å². The molecule has 0 aromatic heterocycles. The third kappa shape index (κ3) is 3.52. The summed E-state index contributed by atoms with van der Waals surface area (Å²) < 4.78 is 0.952. The first-order chi connectivity index (χ1) is 7.04. The lowest BCUT2D eigenvalue weighted by atomic mass is 10.1. The molecule has 15 heavy (non-hydrogen) atoms. The largest absolute Gasteiger partial charge is 0.481 e. The van der Waals surface area contributed by atoms with Crippen LogP contribution in [0.4, 0.5) is 0 Å². The van der Waals surface area contributed by atoms with Gasteiger partial charge in [0.1, 0.15) is 0 Å². The average molecular weight is 290 g/mol. The summed E-state index contributed by atoms with van der Waals surface area (Å²) in [5.74, 6) is -0.882. The molecule has 1 atom stereocenters. The second-order valence-electron chi connectivity index (χ2n) is 3.10. The SMILES string of the molecule is CSc1ccc(C(N)CC(=O)O)cc1Br. The zero-order valence-corrected chi connectivity index (χ0v) is 10.6. The molecule has 0 saturated carbocycles. The van der Waals surface area contributed by atoms with Crippen molar-refractivity contribution in [1.82, 2.24) is 0 Å². The Morgan fingerprint density at radius 3 is 2.80 bits per heavy atom. The molecule has 1 aromatic rings. The predicted molar refractivity (Wildman–Crippen MR) is 65.1 cm³/mol. The van der Waals surface area contributed by atoms with Crippen LogP contribution < -0.4 is 5.73 Å². The van der Waals surface area contributed by atoms with Crippen LogP contribution >= 0.6 is 27.7 Å². The lowest BCUT2D eigenvalue weighted by Gasteiger charge is -2.11. The number of benzene rings is 1. The van der Waals surface area contributed by atoms with Gasteiger partial charge in [-0.1, -0.05) is 6.07 Å². The smallest absolute Gasteiger partial charge is 0.305 e. The number of thioether (sulfide) groups is 1.